The summed E-state index contributed by atoms with van der Waals surface area (Å²) in [4.78, 5) is 24.3. The normalized spacial score (nSPS) is 20.5. The molecule has 2 rings (SSSR count). The molecule has 6 nitrogen and oxygen atoms in total. The summed E-state index contributed by atoms with van der Waals surface area (Å²) in [5, 5.41) is 5.86. The third-order valence-corrected chi connectivity index (χ3v) is 4.47. The summed E-state index contributed by atoms with van der Waals surface area (Å²) in [5.74, 6) is -0.378. The van der Waals surface area contributed by atoms with Gasteiger partial charge in [-0.2, -0.15) is 0 Å². The van der Waals surface area contributed by atoms with E-state index in [4.69, 9.17) is 22.1 Å². The Hall–Kier alpha value is -1.63. The molecule has 4 N–H and O–H groups in total. The number of methoxy groups -OCH3 is 1. The fourth-order valence-corrected chi connectivity index (χ4v) is 3.12. The SMILES string of the molecule is COCCNC(=O)c1ccc(NC(=O)C2CCCC(N)C2)cc1Cl. The number of hydrogen-bond acceptors (Lipinski definition) is 4. The molecule has 0 spiro atoms. The highest BCUT2D eigenvalue weighted by molar-refractivity contribution is 6.34. The van der Waals surface area contributed by atoms with Crippen molar-refractivity contribution >= 4 is 29.1 Å². The average molecular weight is 354 g/mol. The van der Waals surface area contributed by atoms with E-state index >= 15 is 0 Å². The van der Waals surface area contributed by atoms with Crippen LogP contribution >= 0.6 is 11.6 Å². The van der Waals surface area contributed by atoms with E-state index in [1.165, 1.54) is 0 Å². The smallest absolute Gasteiger partial charge is 0.252 e. The molecule has 2 amide bonds. The molecule has 0 aromatic heterocycles. The quantitative estimate of drug-likeness (QED) is 0.683. The Morgan fingerprint density at radius 3 is 2.83 bits per heavy atom. The van der Waals surface area contributed by atoms with Gasteiger partial charge in [0.25, 0.3) is 5.91 Å². The highest BCUT2D eigenvalue weighted by atomic mass is 35.5. The molecule has 0 radical (unpaired) electrons. The van der Waals surface area contributed by atoms with E-state index in [-0.39, 0.29) is 23.8 Å². The van der Waals surface area contributed by atoms with Crippen LogP contribution in [0.2, 0.25) is 5.02 Å². The standard InChI is InChI=1S/C17H24ClN3O3/c1-24-8-7-20-17(23)14-6-5-13(10-15(14)18)21-16(22)11-3-2-4-12(19)9-11/h5-6,10-12H,2-4,7-9,19H2,1H3,(H,20,23)(H,21,22). The largest absolute Gasteiger partial charge is 0.383 e. The maximum absolute atomic E-state index is 12.3. The first kappa shape index (κ1) is 18.7. The minimum absolute atomic E-state index is 0.0430. The van der Waals surface area contributed by atoms with Crippen LogP contribution in [-0.4, -0.2) is 38.1 Å². The average Bonchev–Trinajstić information content (AvgIpc) is 2.55. The number of amides is 2. The van der Waals surface area contributed by atoms with Crippen LogP contribution in [-0.2, 0) is 9.53 Å². The molecule has 7 heteroatoms. The van der Waals surface area contributed by atoms with Crippen molar-refractivity contribution in [3.63, 3.8) is 0 Å². The highest BCUT2D eigenvalue weighted by Crippen LogP contribution is 2.26. The number of anilines is 1. The maximum atomic E-state index is 12.3. The lowest BCUT2D eigenvalue weighted by atomic mass is 9.85. The number of hydrogen-bond donors (Lipinski definition) is 3. The fourth-order valence-electron chi connectivity index (χ4n) is 2.85. The number of rotatable bonds is 6. The van der Waals surface area contributed by atoms with E-state index < -0.39 is 0 Å². The number of carbonyl (C=O) groups is 2. The first-order valence-corrected chi connectivity index (χ1v) is 8.52. The number of halogens is 1. The summed E-state index contributed by atoms with van der Waals surface area (Å²) in [7, 11) is 1.57. The first-order valence-electron chi connectivity index (χ1n) is 8.14. The molecule has 1 saturated carbocycles. The van der Waals surface area contributed by atoms with Gasteiger partial charge in [0, 0.05) is 31.3 Å². The van der Waals surface area contributed by atoms with Gasteiger partial charge < -0.3 is 21.1 Å². The third kappa shape index (κ3) is 5.19. The molecule has 24 heavy (non-hydrogen) atoms. The van der Waals surface area contributed by atoms with Crippen molar-refractivity contribution in [3.05, 3.63) is 28.8 Å². The molecule has 132 valence electrons. The van der Waals surface area contributed by atoms with Gasteiger partial charge in [-0.15, -0.1) is 0 Å². The summed E-state index contributed by atoms with van der Waals surface area (Å²) < 4.78 is 4.88. The van der Waals surface area contributed by atoms with Crippen molar-refractivity contribution in [2.24, 2.45) is 11.7 Å². The molecule has 0 aliphatic heterocycles. The second-order valence-electron chi connectivity index (χ2n) is 6.06. The molecule has 1 aromatic carbocycles. The van der Waals surface area contributed by atoms with Gasteiger partial charge >= 0.3 is 0 Å². The van der Waals surface area contributed by atoms with Crippen molar-refractivity contribution in [2.45, 2.75) is 31.7 Å². The molecule has 0 saturated heterocycles. The number of benzene rings is 1. The molecule has 1 aliphatic carbocycles. The van der Waals surface area contributed by atoms with Crippen molar-refractivity contribution in [1.82, 2.24) is 5.32 Å². The molecule has 2 unspecified atom stereocenters. The molecule has 1 aliphatic rings. The minimum Gasteiger partial charge on any atom is -0.383 e. The molecule has 0 bridgehead atoms. The van der Waals surface area contributed by atoms with E-state index in [9.17, 15) is 9.59 Å². The molecule has 1 fully saturated rings. The second-order valence-corrected chi connectivity index (χ2v) is 6.46. The summed E-state index contributed by atoms with van der Waals surface area (Å²) in [5.41, 5.74) is 6.88. The summed E-state index contributed by atoms with van der Waals surface area (Å²) in [6.45, 7) is 0.840. The Morgan fingerprint density at radius 2 is 2.17 bits per heavy atom. The van der Waals surface area contributed by atoms with Crippen LogP contribution in [0.1, 0.15) is 36.0 Å². The highest BCUT2D eigenvalue weighted by Gasteiger charge is 2.25. The number of carbonyl (C=O) groups excluding carboxylic acids is 2. The van der Waals surface area contributed by atoms with Crippen LogP contribution in [0.3, 0.4) is 0 Å². The van der Waals surface area contributed by atoms with Crippen LogP contribution in [0.5, 0.6) is 0 Å². The molecular weight excluding hydrogens is 330 g/mol. The van der Waals surface area contributed by atoms with Crippen LogP contribution in [0, 0.1) is 5.92 Å². The van der Waals surface area contributed by atoms with Gasteiger partial charge in [0.1, 0.15) is 0 Å². The fraction of sp³-hybridized carbons (Fsp3) is 0.529. The molecule has 2 atom stereocenters. The van der Waals surface area contributed by atoms with Gasteiger partial charge in [0.15, 0.2) is 0 Å². The monoisotopic (exact) mass is 353 g/mol. The van der Waals surface area contributed by atoms with Gasteiger partial charge in [-0.25, -0.2) is 0 Å². The van der Waals surface area contributed by atoms with Crippen molar-refractivity contribution in [2.75, 3.05) is 25.6 Å². The summed E-state index contributed by atoms with van der Waals surface area (Å²) in [6, 6.07) is 4.97. The van der Waals surface area contributed by atoms with E-state index in [0.717, 1.165) is 19.3 Å². The zero-order chi connectivity index (χ0) is 17.5. The zero-order valence-corrected chi connectivity index (χ0v) is 14.6. The number of ether oxygens (including phenoxy) is 1. The van der Waals surface area contributed by atoms with Gasteiger partial charge in [-0.05, 0) is 37.5 Å². The topological polar surface area (TPSA) is 93.5 Å². The van der Waals surface area contributed by atoms with Crippen LogP contribution in [0.15, 0.2) is 18.2 Å². The van der Waals surface area contributed by atoms with E-state index in [1.54, 1.807) is 25.3 Å². The van der Waals surface area contributed by atoms with Crippen LogP contribution < -0.4 is 16.4 Å². The Kier molecular flexibility index (Phi) is 7.02. The lowest BCUT2D eigenvalue weighted by Crippen LogP contribution is -2.34. The van der Waals surface area contributed by atoms with Crippen molar-refractivity contribution < 1.29 is 14.3 Å². The zero-order valence-electron chi connectivity index (χ0n) is 13.8. The van der Waals surface area contributed by atoms with E-state index in [2.05, 4.69) is 10.6 Å². The second kappa shape index (κ2) is 9.01. The predicted octanol–water partition coefficient (Wildman–Crippen LogP) is 2.17. The van der Waals surface area contributed by atoms with Gasteiger partial charge in [0.2, 0.25) is 5.91 Å². The first-order chi connectivity index (χ1) is 11.5. The van der Waals surface area contributed by atoms with Crippen molar-refractivity contribution in [1.29, 1.82) is 0 Å². The lowest BCUT2D eigenvalue weighted by Gasteiger charge is -2.25. The summed E-state index contributed by atoms with van der Waals surface area (Å²) in [6.07, 6.45) is 3.51. The maximum Gasteiger partial charge on any atom is 0.252 e. The Balaban J connectivity index is 1.96. The van der Waals surface area contributed by atoms with Gasteiger partial charge in [-0.1, -0.05) is 18.0 Å². The van der Waals surface area contributed by atoms with E-state index in [1.807, 2.05) is 0 Å². The number of nitrogens with one attached hydrogen (secondary N) is 2. The minimum atomic E-state index is -0.270. The van der Waals surface area contributed by atoms with Crippen LogP contribution in [0.4, 0.5) is 5.69 Å². The molecular formula is C17H24ClN3O3. The summed E-state index contributed by atoms with van der Waals surface area (Å²) >= 11 is 6.17. The Morgan fingerprint density at radius 1 is 1.38 bits per heavy atom. The lowest BCUT2D eigenvalue weighted by molar-refractivity contribution is -0.120. The van der Waals surface area contributed by atoms with Crippen LogP contribution in [0.25, 0.3) is 0 Å². The Labute approximate surface area is 147 Å². The van der Waals surface area contributed by atoms with Gasteiger partial charge in [0.05, 0.1) is 17.2 Å². The molecule has 0 heterocycles. The van der Waals surface area contributed by atoms with E-state index in [0.29, 0.717) is 35.8 Å². The third-order valence-electron chi connectivity index (χ3n) is 4.16. The van der Waals surface area contributed by atoms with Crippen molar-refractivity contribution in [3.8, 4) is 0 Å². The number of nitrogens with two attached hydrogens (primary N) is 1. The Bertz CT molecular complexity index is 594. The molecule has 1 aromatic rings. The predicted molar refractivity (Wildman–Crippen MR) is 94.2 cm³/mol. The van der Waals surface area contributed by atoms with Gasteiger partial charge in [-0.3, -0.25) is 9.59 Å².